The molecule has 0 aliphatic heterocycles. The van der Waals surface area contributed by atoms with Crippen LogP contribution in [-0.2, 0) is 5.41 Å². The normalized spacial score (nSPS) is 37.9. The molecule has 0 radical (unpaired) electrons. The highest BCUT2D eigenvalue weighted by molar-refractivity contribution is 5.39. The highest BCUT2D eigenvalue weighted by Crippen LogP contribution is 2.59. The van der Waals surface area contributed by atoms with Gasteiger partial charge in [-0.15, -0.1) is 0 Å². The molecule has 0 unspecified atom stereocenters. The third-order valence-corrected chi connectivity index (χ3v) is 10.1. The lowest BCUT2D eigenvalue weighted by Crippen LogP contribution is -2.35. The summed E-state index contributed by atoms with van der Waals surface area (Å²) in [6.45, 7) is 8.89. The first-order chi connectivity index (χ1) is 17.2. The first kappa shape index (κ1) is 25.6. The van der Waals surface area contributed by atoms with Crippen LogP contribution in [0.2, 0.25) is 0 Å². The summed E-state index contributed by atoms with van der Waals surface area (Å²) in [5.41, 5.74) is 4.35. The predicted molar refractivity (Wildman–Crippen MR) is 144 cm³/mol. The Morgan fingerprint density at radius 3 is 2.64 bits per heavy atom. The van der Waals surface area contributed by atoms with Gasteiger partial charge in [-0.3, -0.25) is 4.98 Å². The van der Waals surface area contributed by atoms with Gasteiger partial charge in [0, 0.05) is 23.7 Å². The number of aromatic nitrogens is 1. The summed E-state index contributed by atoms with van der Waals surface area (Å²) in [5.74, 6) is 1.58. The molecule has 4 aliphatic rings. The van der Waals surface area contributed by atoms with Gasteiger partial charge < -0.3 is 15.3 Å². The number of nitrogens with zero attached hydrogens (tertiary/aromatic N) is 1. The third kappa shape index (κ3) is 4.68. The van der Waals surface area contributed by atoms with E-state index in [1.807, 2.05) is 24.4 Å². The zero-order valence-electron chi connectivity index (χ0n) is 21.9. The maximum atomic E-state index is 11.1. The lowest BCUT2D eigenvalue weighted by molar-refractivity contribution is 0.0862. The van der Waals surface area contributed by atoms with Crippen LogP contribution in [-0.4, -0.2) is 38.6 Å². The quantitative estimate of drug-likeness (QED) is 0.441. The van der Waals surface area contributed by atoms with E-state index in [-0.39, 0.29) is 10.8 Å². The van der Waals surface area contributed by atoms with Gasteiger partial charge in [-0.2, -0.15) is 0 Å². The Hall–Kier alpha value is -2.01. The summed E-state index contributed by atoms with van der Waals surface area (Å²) in [6.07, 6.45) is 17.9. The van der Waals surface area contributed by atoms with Crippen LogP contribution in [0.25, 0.3) is 0 Å². The lowest BCUT2D eigenvalue weighted by atomic mass is 9.61. The summed E-state index contributed by atoms with van der Waals surface area (Å²) in [5, 5.41) is 31.4. The van der Waals surface area contributed by atoms with Crippen molar-refractivity contribution in [3.05, 3.63) is 77.7 Å². The number of hydrogen-bond donors (Lipinski definition) is 3. The van der Waals surface area contributed by atoms with E-state index < -0.39 is 18.3 Å². The maximum Gasteiger partial charge on any atom is 0.0832 e. The second kappa shape index (κ2) is 10.0. The average Bonchev–Trinajstić information content (AvgIpc) is 3.60. The second-order valence-electron chi connectivity index (χ2n) is 12.2. The average molecular weight is 490 g/mol. The van der Waals surface area contributed by atoms with Crippen molar-refractivity contribution in [2.24, 2.45) is 23.2 Å². The molecule has 1 aromatic heterocycles. The first-order valence-electron chi connectivity index (χ1n) is 14.0. The minimum absolute atomic E-state index is 0.196. The molecule has 3 N–H and O–H groups in total. The summed E-state index contributed by atoms with van der Waals surface area (Å²) in [7, 11) is 0. The van der Waals surface area contributed by atoms with Gasteiger partial charge in [-0.25, -0.2) is 0 Å². The molecule has 4 saturated carbocycles. The Labute approximate surface area is 216 Å². The molecule has 7 atom stereocenters. The van der Waals surface area contributed by atoms with E-state index in [1.54, 1.807) is 0 Å². The summed E-state index contributed by atoms with van der Waals surface area (Å²) in [4.78, 5) is 4.54. The molecule has 0 spiro atoms. The Balaban J connectivity index is 1.29. The smallest absolute Gasteiger partial charge is 0.0832 e. The van der Waals surface area contributed by atoms with E-state index in [9.17, 15) is 15.3 Å². The van der Waals surface area contributed by atoms with Crippen LogP contribution >= 0.6 is 0 Å². The molecule has 4 nitrogen and oxygen atoms in total. The van der Waals surface area contributed by atoms with Crippen LogP contribution in [0.15, 0.2) is 72.0 Å². The Morgan fingerprint density at radius 2 is 1.92 bits per heavy atom. The standard InChI is InChI=1S/C32H43NO3/c1-21(9-14-30(36)32(16-17-32)29-8-4-5-18-33-29)26-12-13-27-23(7-6-15-31(26,27)3)10-11-24-19-25(34)20-28(35)22(24)2/h4-5,8-11,14,18,21,25-28,30,34-36H,2,6-7,12-13,15-17,19-20H2,1,3H3/t21-,25-,26-,27+,28+,30-,31-/m1/s1. The maximum absolute atomic E-state index is 11.1. The molecule has 1 heterocycles. The minimum atomic E-state index is -0.638. The second-order valence-corrected chi connectivity index (χ2v) is 12.2. The van der Waals surface area contributed by atoms with Gasteiger partial charge in [0.1, 0.15) is 0 Å². The fraction of sp³-hybridized carbons (Fsp3) is 0.594. The summed E-state index contributed by atoms with van der Waals surface area (Å²) >= 11 is 0. The fourth-order valence-corrected chi connectivity index (χ4v) is 7.70. The molecule has 0 aromatic carbocycles. The van der Waals surface area contributed by atoms with Crippen LogP contribution in [0.5, 0.6) is 0 Å². The van der Waals surface area contributed by atoms with Crippen molar-refractivity contribution in [1.29, 1.82) is 0 Å². The lowest BCUT2D eigenvalue weighted by Gasteiger charge is -2.44. The molecule has 194 valence electrons. The van der Waals surface area contributed by atoms with E-state index in [2.05, 4.69) is 49.7 Å². The SMILES string of the molecule is C=C1C(=CC=C2CCC[C@]3(C)[C@@H]([C@H](C)C=C[C@@H](O)C4(c5ccccn5)CC4)CC[C@@H]23)C[C@@H](O)C[C@@H]1O. The summed E-state index contributed by atoms with van der Waals surface area (Å²) < 4.78 is 0. The Morgan fingerprint density at radius 1 is 1.11 bits per heavy atom. The molecule has 4 heteroatoms. The number of fused-ring (bicyclic) bond motifs is 1. The molecule has 36 heavy (non-hydrogen) atoms. The van der Waals surface area contributed by atoms with E-state index in [0.29, 0.717) is 30.6 Å². The molecule has 0 amide bonds. The van der Waals surface area contributed by atoms with Crippen LogP contribution in [0.3, 0.4) is 0 Å². The summed E-state index contributed by atoms with van der Waals surface area (Å²) in [6, 6.07) is 5.99. The van der Waals surface area contributed by atoms with Crippen molar-refractivity contribution < 1.29 is 15.3 Å². The largest absolute Gasteiger partial charge is 0.393 e. The number of aliphatic hydroxyl groups is 3. The van der Waals surface area contributed by atoms with E-state index in [1.165, 1.54) is 31.3 Å². The Kier molecular flexibility index (Phi) is 7.15. The Bertz CT molecular complexity index is 1050. The van der Waals surface area contributed by atoms with Gasteiger partial charge in [-0.1, -0.05) is 56.4 Å². The first-order valence-corrected chi connectivity index (χ1v) is 14.0. The topological polar surface area (TPSA) is 73.6 Å². The van der Waals surface area contributed by atoms with Crippen molar-refractivity contribution in [3.63, 3.8) is 0 Å². The van der Waals surface area contributed by atoms with Gasteiger partial charge in [0.05, 0.1) is 18.3 Å². The van der Waals surface area contributed by atoms with E-state index in [0.717, 1.165) is 36.1 Å². The van der Waals surface area contributed by atoms with Crippen LogP contribution < -0.4 is 0 Å². The number of pyridine rings is 1. The van der Waals surface area contributed by atoms with Crippen LogP contribution in [0, 0.1) is 23.2 Å². The fourth-order valence-electron chi connectivity index (χ4n) is 7.70. The van der Waals surface area contributed by atoms with Gasteiger partial charge >= 0.3 is 0 Å². The van der Waals surface area contributed by atoms with Crippen molar-refractivity contribution in [3.8, 4) is 0 Å². The van der Waals surface area contributed by atoms with E-state index >= 15 is 0 Å². The van der Waals surface area contributed by atoms with Crippen molar-refractivity contribution in [2.75, 3.05) is 0 Å². The van der Waals surface area contributed by atoms with Gasteiger partial charge in [0.25, 0.3) is 0 Å². The molecule has 4 aliphatic carbocycles. The predicted octanol–water partition coefficient (Wildman–Crippen LogP) is 5.81. The number of hydrogen-bond acceptors (Lipinski definition) is 4. The minimum Gasteiger partial charge on any atom is -0.393 e. The third-order valence-electron chi connectivity index (χ3n) is 10.1. The molecule has 4 fully saturated rings. The van der Waals surface area contributed by atoms with Crippen molar-refractivity contribution in [1.82, 2.24) is 4.98 Å². The molecule has 1 aromatic rings. The van der Waals surface area contributed by atoms with Crippen molar-refractivity contribution >= 4 is 0 Å². The molecule has 0 saturated heterocycles. The number of aliphatic hydroxyl groups excluding tert-OH is 3. The van der Waals surface area contributed by atoms with Gasteiger partial charge in [-0.05, 0) is 97.8 Å². The zero-order valence-corrected chi connectivity index (χ0v) is 21.9. The van der Waals surface area contributed by atoms with Crippen LogP contribution in [0.1, 0.15) is 77.3 Å². The van der Waals surface area contributed by atoms with Gasteiger partial charge in [0.2, 0.25) is 0 Å². The highest BCUT2D eigenvalue weighted by atomic mass is 16.3. The molecular formula is C32H43NO3. The van der Waals surface area contributed by atoms with Crippen molar-refractivity contribution in [2.45, 2.75) is 95.4 Å². The molecule has 5 rings (SSSR count). The zero-order chi connectivity index (χ0) is 25.5. The van der Waals surface area contributed by atoms with Gasteiger partial charge in [0.15, 0.2) is 0 Å². The number of rotatable bonds is 6. The van der Waals surface area contributed by atoms with Crippen LogP contribution in [0.4, 0.5) is 0 Å². The number of allylic oxidation sites excluding steroid dienone is 4. The molecular weight excluding hydrogens is 446 g/mol. The monoisotopic (exact) mass is 489 g/mol. The highest BCUT2D eigenvalue weighted by Gasteiger charge is 2.52. The van der Waals surface area contributed by atoms with E-state index in [4.69, 9.17) is 0 Å². The molecule has 0 bridgehead atoms.